The van der Waals surface area contributed by atoms with Gasteiger partial charge < -0.3 is 10.2 Å². The average Bonchev–Trinajstić information content (AvgIpc) is 2.00. The van der Waals surface area contributed by atoms with E-state index in [1.165, 1.54) is 19.1 Å². The Morgan fingerprint density at radius 3 is 2.50 bits per heavy atom. The average molecular weight is 231 g/mol. The van der Waals surface area contributed by atoms with Crippen molar-refractivity contribution in [2.45, 2.75) is 6.92 Å². The zero-order valence-electron chi connectivity index (χ0n) is 6.34. The molecule has 1 aromatic carbocycles. The molecule has 0 bridgehead atoms. The maximum absolute atomic E-state index is 10.9. The molecule has 0 atom stereocenters. The van der Waals surface area contributed by atoms with Crippen molar-refractivity contribution in [3.8, 4) is 11.5 Å². The van der Waals surface area contributed by atoms with Crippen LogP contribution in [0.3, 0.4) is 0 Å². The summed E-state index contributed by atoms with van der Waals surface area (Å²) in [5, 5.41) is 18.2. The van der Waals surface area contributed by atoms with Gasteiger partial charge in [0.2, 0.25) is 0 Å². The summed E-state index contributed by atoms with van der Waals surface area (Å²) in [4.78, 5) is 10.9. The molecule has 0 saturated carbocycles. The number of phenolic OH excluding ortho intramolecular Hbond substituents is 2. The highest BCUT2D eigenvalue weighted by Gasteiger charge is 2.11. The fourth-order valence-corrected chi connectivity index (χ4v) is 1.44. The zero-order valence-corrected chi connectivity index (χ0v) is 7.92. The van der Waals surface area contributed by atoms with E-state index in [4.69, 9.17) is 5.11 Å². The molecule has 0 unspecified atom stereocenters. The number of hydrogen-bond acceptors (Lipinski definition) is 3. The molecular formula is C8H7BrO3. The molecule has 0 radical (unpaired) electrons. The van der Waals surface area contributed by atoms with Gasteiger partial charge in [0.15, 0.2) is 17.3 Å². The number of carbonyl (C=O) groups excluding carboxylic acids is 1. The van der Waals surface area contributed by atoms with E-state index in [9.17, 15) is 9.90 Å². The SMILES string of the molecule is CC(=O)c1ccc(O)c(O)c1Br. The third-order valence-corrected chi connectivity index (χ3v) is 2.28. The molecule has 0 aliphatic carbocycles. The summed E-state index contributed by atoms with van der Waals surface area (Å²) in [6.45, 7) is 1.39. The van der Waals surface area contributed by atoms with E-state index in [2.05, 4.69) is 15.9 Å². The molecule has 3 nitrogen and oxygen atoms in total. The number of benzene rings is 1. The highest BCUT2D eigenvalue weighted by atomic mass is 79.9. The Morgan fingerprint density at radius 1 is 1.42 bits per heavy atom. The summed E-state index contributed by atoms with van der Waals surface area (Å²) in [5.41, 5.74) is 0.352. The van der Waals surface area contributed by atoms with Crippen LogP contribution in [-0.2, 0) is 0 Å². The Kier molecular flexibility index (Phi) is 2.38. The summed E-state index contributed by atoms with van der Waals surface area (Å²) < 4.78 is 0.231. The normalized spacial score (nSPS) is 9.83. The van der Waals surface area contributed by atoms with E-state index in [-0.39, 0.29) is 21.8 Å². The van der Waals surface area contributed by atoms with E-state index < -0.39 is 0 Å². The first-order valence-electron chi connectivity index (χ1n) is 3.25. The predicted octanol–water partition coefficient (Wildman–Crippen LogP) is 2.06. The maximum Gasteiger partial charge on any atom is 0.172 e. The number of rotatable bonds is 1. The van der Waals surface area contributed by atoms with Crippen molar-refractivity contribution >= 4 is 21.7 Å². The first kappa shape index (κ1) is 9.06. The Labute approximate surface area is 77.8 Å². The maximum atomic E-state index is 10.9. The Bertz CT molecular complexity index is 333. The molecule has 0 heterocycles. The fraction of sp³-hybridized carbons (Fsp3) is 0.125. The number of carbonyl (C=O) groups is 1. The molecule has 0 amide bonds. The monoisotopic (exact) mass is 230 g/mol. The molecule has 1 rings (SSSR count). The van der Waals surface area contributed by atoms with Crippen LogP contribution in [0.4, 0.5) is 0 Å². The standard InChI is InChI=1S/C8H7BrO3/c1-4(10)5-2-3-6(11)8(12)7(5)9/h2-3,11-12H,1H3. The van der Waals surface area contributed by atoms with Crippen molar-refractivity contribution in [1.82, 2.24) is 0 Å². The largest absolute Gasteiger partial charge is 0.504 e. The summed E-state index contributed by atoms with van der Waals surface area (Å²) >= 11 is 3.00. The molecule has 12 heavy (non-hydrogen) atoms. The quantitative estimate of drug-likeness (QED) is 0.574. The third-order valence-electron chi connectivity index (χ3n) is 1.47. The predicted molar refractivity (Wildman–Crippen MR) is 47.5 cm³/mol. The highest BCUT2D eigenvalue weighted by molar-refractivity contribution is 9.10. The molecule has 2 N–H and O–H groups in total. The second-order valence-corrected chi connectivity index (χ2v) is 3.14. The van der Waals surface area contributed by atoms with Gasteiger partial charge in [-0.3, -0.25) is 4.79 Å². The van der Waals surface area contributed by atoms with Crippen molar-refractivity contribution in [3.63, 3.8) is 0 Å². The van der Waals surface area contributed by atoms with Crippen LogP contribution in [0.15, 0.2) is 16.6 Å². The Balaban J connectivity index is 3.36. The first-order chi connectivity index (χ1) is 5.54. The van der Waals surface area contributed by atoms with E-state index in [0.717, 1.165) is 0 Å². The smallest absolute Gasteiger partial charge is 0.172 e. The van der Waals surface area contributed by atoms with Crippen LogP contribution in [0.2, 0.25) is 0 Å². The zero-order chi connectivity index (χ0) is 9.30. The lowest BCUT2D eigenvalue weighted by Gasteiger charge is -2.03. The van der Waals surface area contributed by atoms with E-state index >= 15 is 0 Å². The van der Waals surface area contributed by atoms with Gasteiger partial charge in [-0.2, -0.15) is 0 Å². The van der Waals surface area contributed by atoms with Gasteiger partial charge in [0.05, 0.1) is 4.47 Å². The van der Waals surface area contributed by atoms with Crippen LogP contribution in [-0.4, -0.2) is 16.0 Å². The number of Topliss-reactive ketones (excluding diaryl/α,β-unsaturated/α-hetero) is 1. The highest BCUT2D eigenvalue weighted by Crippen LogP contribution is 2.35. The molecule has 4 heteroatoms. The molecule has 0 saturated heterocycles. The second kappa shape index (κ2) is 3.15. The van der Waals surface area contributed by atoms with Crippen LogP contribution in [0, 0.1) is 0 Å². The fourth-order valence-electron chi connectivity index (χ4n) is 0.826. The summed E-state index contributed by atoms with van der Waals surface area (Å²) in [6.07, 6.45) is 0. The summed E-state index contributed by atoms with van der Waals surface area (Å²) in [7, 11) is 0. The lowest BCUT2D eigenvalue weighted by atomic mass is 10.1. The molecule has 0 fully saturated rings. The van der Waals surface area contributed by atoms with Crippen LogP contribution in [0.5, 0.6) is 11.5 Å². The van der Waals surface area contributed by atoms with Crippen LogP contribution in [0.25, 0.3) is 0 Å². The molecule has 0 aliphatic rings. The molecule has 64 valence electrons. The lowest BCUT2D eigenvalue weighted by Crippen LogP contribution is -1.93. The lowest BCUT2D eigenvalue weighted by molar-refractivity contribution is 0.101. The second-order valence-electron chi connectivity index (χ2n) is 2.35. The van der Waals surface area contributed by atoms with E-state index in [0.29, 0.717) is 5.56 Å². The summed E-state index contributed by atoms with van der Waals surface area (Å²) in [6, 6.07) is 2.72. The molecule has 0 aromatic heterocycles. The number of ketones is 1. The third kappa shape index (κ3) is 1.43. The van der Waals surface area contributed by atoms with Crippen LogP contribution >= 0.6 is 15.9 Å². The van der Waals surface area contributed by atoms with Gasteiger partial charge in [0, 0.05) is 5.56 Å². The Hall–Kier alpha value is -1.03. The van der Waals surface area contributed by atoms with Gasteiger partial charge in [-0.05, 0) is 35.0 Å². The van der Waals surface area contributed by atoms with Crippen LogP contribution in [0.1, 0.15) is 17.3 Å². The van der Waals surface area contributed by atoms with Gasteiger partial charge in [-0.25, -0.2) is 0 Å². The minimum atomic E-state index is -0.303. The van der Waals surface area contributed by atoms with Gasteiger partial charge in [0.1, 0.15) is 0 Å². The minimum absolute atomic E-state index is 0.169. The van der Waals surface area contributed by atoms with E-state index in [1.54, 1.807) is 0 Å². The van der Waals surface area contributed by atoms with Gasteiger partial charge in [-0.1, -0.05) is 0 Å². The van der Waals surface area contributed by atoms with Crippen molar-refractivity contribution in [2.75, 3.05) is 0 Å². The van der Waals surface area contributed by atoms with Gasteiger partial charge in [0.25, 0.3) is 0 Å². The van der Waals surface area contributed by atoms with Crippen molar-refractivity contribution in [1.29, 1.82) is 0 Å². The minimum Gasteiger partial charge on any atom is -0.504 e. The number of aromatic hydroxyl groups is 2. The molecule has 0 aliphatic heterocycles. The van der Waals surface area contributed by atoms with Crippen LogP contribution < -0.4 is 0 Å². The first-order valence-corrected chi connectivity index (χ1v) is 4.04. The molecule has 1 aromatic rings. The number of hydrogen-bond donors (Lipinski definition) is 2. The molecular weight excluding hydrogens is 224 g/mol. The van der Waals surface area contributed by atoms with Gasteiger partial charge >= 0.3 is 0 Å². The number of phenols is 2. The van der Waals surface area contributed by atoms with Crippen molar-refractivity contribution in [2.24, 2.45) is 0 Å². The van der Waals surface area contributed by atoms with Crippen molar-refractivity contribution in [3.05, 3.63) is 22.2 Å². The van der Waals surface area contributed by atoms with E-state index in [1.807, 2.05) is 0 Å². The van der Waals surface area contributed by atoms with Gasteiger partial charge in [-0.15, -0.1) is 0 Å². The summed E-state index contributed by atoms with van der Waals surface area (Å²) in [5.74, 6) is -0.716. The Morgan fingerprint density at radius 2 is 2.00 bits per heavy atom. The topological polar surface area (TPSA) is 57.5 Å². The van der Waals surface area contributed by atoms with Crippen molar-refractivity contribution < 1.29 is 15.0 Å². The molecule has 0 spiro atoms. The number of halogens is 1.